The Morgan fingerprint density at radius 3 is 2.32 bits per heavy atom. The van der Waals surface area contributed by atoms with Crippen LogP contribution in [0.25, 0.3) is 0 Å². The number of halogens is 2. The van der Waals surface area contributed by atoms with Gasteiger partial charge in [-0.25, -0.2) is 0 Å². The average Bonchev–Trinajstić information content (AvgIpc) is 2.94. The fourth-order valence-corrected chi connectivity index (χ4v) is 3.67. The Kier molecular flexibility index (Phi) is 10.7. The predicted molar refractivity (Wildman–Crippen MR) is 97.2 cm³/mol. The Bertz CT molecular complexity index is 315. The Morgan fingerprint density at radius 2 is 1.77 bits per heavy atom. The molecule has 0 bridgehead atoms. The van der Waals surface area contributed by atoms with E-state index in [0.717, 1.165) is 32.0 Å². The molecule has 0 spiro atoms. The fraction of sp³-hybridized carbons (Fsp3) is 0.938. The zero-order chi connectivity index (χ0) is 14.4. The van der Waals surface area contributed by atoms with Gasteiger partial charge in [-0.05, 0) is 65.2 Å². The number of hydrogen-bond donors (Lipinski definition) is 2. The molecule has 0 aromatic carbocycles. The molecule has 132 valence electrons. The van der Waals surface area contributed by atoms with Crippen molar-refractivity contribution in [3.05, 3.63) is 0 Å². The number of amides is 1. The quantitative estimate of drug-likeness (QED) is 0.771. The minimum Gasteiger partial charge on any atom is -0.354 e. The van der Waals surface area contributed by atoms with Crippen LogP contribution in [0.1, 0.15) is 51.4 Å². The molecule has 6 heteroatoms. The first-order valence-electron chi connectivity index (χ1n) is 8.27. The molecule has 2 rings (SSSR count). The van der Waals surface area contributed by atoms with Crippen molar-refractivity contribution in [3.8, 4) is 0 Å². The third-order valence-electron chi connectivity index (χ3n) is 5.34. The lowest BCUT2D eigenvalue weighted by molar-refractivity contribution is -0.122. The van der Waals surface area contributed by atoms with Crippen LogP contribution in [0.5, 0.6) is 0 Å². The van der Waals surface area contributed by atoms with Crippen LogP contribution in [0.15, 0.2) is 0 Å². The van der Waals surface area contributed by atoms with Crippen molar-refractivity contribution < 1.29 is 4.79 Å². The number of rotatable bonds is 6. The van der Waals surface area contributed by atoms with E-state index in [-0.39, 0.29) is 36.3 Å². The maximum atomic E-state index is 12.1. The molecule has 4 nitrogen and oxygen atoms in total. The molecule has 0 aromatic heterocycles. The maximum absolute atomic E-state index is 12.1. The van der Waals surface area contributed by atoms with E-state index < -0.39 is 0 Å². The number of carbonyl (C=O) groups excluding carboxylic acids is 1. The molecule has 1 saturated carbocycles. The van der Waals surface area contributed by atoms with E-state index in [0.29, 0.717) is 6.42 Å². The molecule has 1 heterocycles. The Hall–Kier alpha value is -0.0300. The highest BCUT2D eigenvalue weighted by Gasteiger charge is 2.36. The molecular formula is C16H33Cl2N3O. The van der Waals surface area contributed by atoms with Gasteiger partial charge in [0, 0.05) is 18.5 Å². The summed E-state index contributed by atoms with van der Waals surface area (Å²) in [6, 6.07) is 0. The van der Waals surface area contributed by atoms with Gasteiger partial charge in [0.2, 0.25) is 5.91 Å². The zero-order valence-electron chi connectivity index (χ0n) is 14.0. The predicted octanol–water partition coefficient (Wildman–Crippen LogP) is 2.60. The molecule has 1 saturated heterocycles. The standard InChI is InChI=1S/C16H31N3O.2ClH/c1-19(2)16(9-3-4-10-16)13-18-15(20)6-5-14-7-11-17-12-8-14;;/h14,17H,3-13H2,1-2H3,(H,18,20);2*1H. The first-order chi connectivity index (χ1) is 9.62. The highest BCUT2D eigenvalue weighted by Crippen LogP contribution is 2.33. The number of nitrogens with one attached hydrogen (secondary N) is 2. The molecule has 1 amide bonds. The van der Waals surface area contributed by atoms with Crippen molar-refractivity contribution in [2.45, 2.75) is 56.9 Å². The lowest BCUT2D eigenvalue weighted by atomic mass is 9.92. The second-order valence-electron chi connectivity index (χ2n) is 6.83. The topological polar surface area (TPSA) is 44.4 Å². The Labute approximate surface area is 148 Å². The summed E-state index contributed by atoms with van der Waals surface area (Å²) in [6.45, 7) is 3.07. The molecule has 1 aliphatic carbocycles. The van der Waals surface area contributed by atoms with Gasteiger partial charge in [0.05, 0.1) is 0 Å². The van der Waals surface area contributed by atoms with Gasteiger partial charge >= 0.3 is 0 Å². The first kappa shape index (κ1) is 22.0. The summed E-state index contributed by atoms with van der Waals surface area (Å²) in [4.78, 5) is 14.4. The summed E-state index contributed by atoms with van der Waals surface area (Å²) >= 11 is 0. The molecule has 0 unspecified atom stereocenters. The van der Waals surface area contributed by atoms with Crippen molar-refractivity contribution in [2.75, 3.05) is 33.7 Å². The van der Waals surface area contributed by atoms with Crippen molar-refractivity contribution in [2.24, 2.45) is 5.92 Å². The summed E-state index contributed by atoms with van der Waals surface area (Å²) in [5, 5.41) is 6.57. The van der Waals surface area contributed by atoms with Crippen LogP contribution in [0.4, 0.5) is 0 Å². The third kappa shape index (κ3) is 6.23. The molecule has 2 N–H and O–H groups in total. The molecule has 22 heavy (non-hydrogen) atoms. The Balaban J connectivity index is 0.00000220. The van der Waals surface area contributed by atoms with Gasteiger partial charge in [0.15, 0.2) is 0 Å². The van der Waals surface area contributed by atoms with Crippen LogP contribution in [0.2, 0.25) is 0 Å². The van der Waals surface area contributed by atoms with Crippen LogP contribution < -0.4 is 10.6 Å². The van der Waals surface area contributed by atoms with Crippen LogP contribution in [-0.2, 0) is 4.79 Å². The van der Waals surface area contributed by atoms with E-state index in [2.05, 4.69) is 29.6 Å². The highest BCUT2D eigenvalue weighted by molar-refractivity contribution is 5.85. The lowest BCUT2D eigenvalue weighted by Crippen LogP contribution is -2.50. The molecule has 0 aromatic rings. The Morgan fingerprint density at radius 1 is 1.18 bits per heavy atom. The van der Waals surface area contributed by atoms with Crippen LogP contribution in [-0.4, -0.2) is 50.1 Å². The van der Waals surface area contributed by atoms with Gasteiger partial charge in [-0.3, -0.25) is 4.79 Å². The van der Waals surface area contributed by atoms with Gasteiger partial charge in [-0.15, -0.1) is 24.8 Å². The van der Waals surface area contributed by atoms with Crippen molar-refractivity contribution >= 4 is 30.7 Å². The monoisotopic (exact) mass is 353 g/mol. The van der Waals surface area contributed by atoms with Crippen molar-refractivity contribution in [1.82, 2.24) is 15.5 Å². The van der Waals surface area contributed by atoms with Crippen LogP contribution >= 0.6 is 24.8 Å². The average molecular weight is 354 g/mol. The molecule has 0 atom stereocenters. The zero-order valence-corrected chi connectivity index (χ0v) is 15.7. The van der Waals surface area contributed by atoms with Crippen LogP contribution in [0.3, 0.4) is 0 Å². The second kappa shape index (κ2) is 10.7. The normalized spacial score (nSPS) is 21.0. The van der Waals surface area contributed by atoms with E-state index in [9.17, 15) is 4.79 Å². The summed E-state index contributed by atoms with van der Waals surface area (Å²) in [7, 11) is 4.29. The first-order valence-corrected chi connectivity index (χ1v) is 8.27. The smallest absolute Gasteiger partial charge is 0.220 e. The van der Waals surface area contributed by atoms with Gasteiger partial charge in [-0.2, -0.15) is 0 Å². The van der Waals surface area contributed by atoms with Gasteiger partial charge in [0.1, 0.15) is 0 Å². The number of piperidine rings is 1. The molecular weight excluding hydrogens is 321 g/mol. The number of carbonyl (C=O) groups is 1. The minimum atomic E-state index is 0. The number of likely N-dealkylation sites (N-methyl/N-ethyl adjacent to an activating group) is 1. The third-order valence-corrected chi connectivity index (χ3v) is 5.34. The van der Waals surface area contributed by atoms with Crippen molar-refractivity contribution in [3.63, 3.8) is 0 Å². The minimum absolute atomic E-state index is 0. The van der Waals surface area contributed by atoms with Gasteiger partial charge in [0.25, 0.3) is 0 Å². The lowest BCUT2D eigenvalue weighted by Gasteiger charge is -2.36. The van der Waals surface area contributed by atoms with Crippen LogP contribution in [0, 0.1) is 5.92 Å². The van der Waals surface area contributed by atoms with E-state index in [4.69, 9.17) is 0 Å². The second-order valence-corrected chi connectivity index (χ2v) is 6.83. The molecule has 2 fully saturated rings. The largest absolute Gasteiger partial charge is 0.354 e. The van der Waals surface area contributed by atoms with E-state index in [1.54, 1.807) is 0 Å². The number of nitrogens with zero attached hydrogens (tertiary/aromatic N) is 1. The maximum Gasteiger partial charge on any atom is 0.220 e. The van der Waals surface area contributed by atoms with E-state index >= 15 is 0 Å². The van der Waals surface area contributed by atoms with E-state index in [1.165, 1.54) is 38.5 Å². The summed E-state index contributed by atoms with van der Waals surface area (Å²) < 4.78 is 0. The highest BCUT2D eigenvalue weighted by atomic mass is 35.5. The SMILES string of the molecule is CN(C)C1(CNC(=O)CCC2CCNCC2)CCCC1.Cl.Cl. The molecule has 2 aliphatic rings. The van der Waals surface area contributed by atoms with Gasteiger partial charge in [-0.1, -0.05) is 12.8 Å². The fourth-order valence-electron chi connectivity index (χ4n) is 3.67. The van der Waals surface area contributed by atoms with E-state index in [1.807, 2.05) is 0 Å². The summed E-state index contributed by atoms with van der Waals surface area (Å²) in [6.07, 6.45) is 9.25. The number of hydrogen-bond acceptors (Lipinski definition) is 3. The van der Waals surface area contributed by atoms with Gasteiger partial charge < -0.3 is 15.5 Å². The molecule has 0 radical (unpaired) electrons. The molecule has 1 aliphatic heterocycles. The van der Waals surface area contributed by atoms with Crippen molar-refractivity contribution in [1.29, 1.82) is 0 Å². The summed E-state index contributed by atoms with van der Waals surface area (Å²) in [5.74, 6) is 0.993. The summed E-state index contributed by atoms with van der Waals surface area (Å²) in [5.41, 5.74) is 0.213.